The second-order valence-electron chi connectivity index (χ2n) is 2.80. The topological polar surface area (TPSA) is 12.9 Å². The molecule has 0 N–H and O–H groups in total. The fourth-order valence-corrected chi connectivity index (χ4v) is 3.08. The number of hydrogen-bond acceptors (Lipinski definition) is 3. The third kappa shape index (κ3) is 2.29. The van der Waals surface area contributed by atoms with Crippen molar-refractivity contribution in [1.29, 1.82) is 0 Å². The Morgan fingerprint density at radius 1 is 1.36 bits per heavy atom. The van der Waals surface area contributed by atoms with Gasteiger partial charge in [-0.15, -0.1) is 11.3 Å². The lowest BCUT2D eigenvalue weighted by Gasteiger charge is -2.00. The molecule has 14 heavy (non-hydrogen) atoms. The van der Waals surface area contributed by atoms with Crippen LogP contribution in [0.4, 0.5) is 0 Å². The summed E-state index contributed by atoms with van der Waals surface area (Å²) in [6.07, 6.45) is 0. The number of hydrogen-bond donors (Lipinski definition) is 0. The van der Waals surface area contributed by atoms with Crippen LogP contribution in [-0.4, -0.2) is 4.98 Å². The Bertz CT molecular complexity index is 439. The minimum Gasteiger partial charge on any atom is -0.218 e. The van der Waals surface area contributed by atoms with E-state index >= 15 is 0 Å². The van der Waals surface area contributed by atoms with Gasteiger partial charge in [0.2, 0.25) is 0 Å². The molecule has 2 rings (SSSR count). The summed E-state index contributed by atoms with van der Waals surface area (Å²) in [5.41, 5.74) is 1.27. The van der Waals surface area contributed by atoms with E-state index < -0.39 is 0 Å². The summed E-state index contributed by atoms with van der Waals surface area (Å²) in [5, 5.41) is 2.42. The van der Waals surface area contributed by atoms with Crippen molar-refractivity contribution in [3.8, 4) is 0 Å². The lowest BCUT2D eigenvalue weighted by Crippen LogP contribution is -1.77. The van der Waals surface area contributed by atoms with E-state index in [1.54, 1.807) is 23.1 Å². The second-order valence-corrected chi connectivity index (χ2v) is 5.34. The molecule has 4 heteroatoms. The van der Waals surface area contributed by atoms with Gasteiger partial charge < -0.3 is 0 Å². The highest BCUT2D eigenvalue weighted by Gasteiger charge is 2.03. The van der Waals surface area contributed by atoms with E-state index in [0.29, 0.717) is 5.15 Å². The first-order chi connectivity index (χ1) is 6.75. The van der Waals surface area contributed by atoms with E-state index in [-0.39, 0.29) is 0 Å². The van der Waals surface area contributed by atoms with Crippen LogP contribution in [-0.2, 0) is 0 Å². The van der Waals surface area contributed by atoms with Gasteiger partial charge in [0.05, 0.1) is 0 Å². The van der Waals surface area contributed by atoms with Gasteiger partial charge in [-0.1, -0.05) is 41.6 Å². The van der Waals surface area contributed by atoms with Gasteiger partial charge in [0.15, 0.2) is 4.34 Å². The van der Waals surface area contributed by atoms with Crippen molar-refractivity contribution >= 4 is 34.7 Å². The Hall–Kier alpha value is -0.510. The van der Waals surface area contributed by atoms with Crippen LogP contribution in [0.1, 0.15) is 5.56 Å². The molecule has 0 radical (unpaired) electrons. The lowest BCUT2D eigenvalue weighted by molar-refractivity contribution is 1.23. The van der Waals surface area contributed by atoms with Crippen LogP contribution in [0.3, 0.4) is 0 Å². The summed E-state index contributed by atoms with van der Waals surface area (Å²) in [6.45, 7) is 2.09. The van der Waals surface area contributed by atoms with Gasteiger partial charge in [-0.25, -0.2) is 4.98 Å². The van der Waals surface area contributed by atoms with E-state index in [1.165, 1.54) is 10.5 Å². The van der Waals surface area contributed by atoms with Gasteiger partial charge in [0, 0.05) is 10.3 Å². The minimum absolute atomic E-state index is 0.575. The molecule has 0 fully saturated rings. The van der Waals surface area contributed by atoms with Gasteiger partial charge in [-0.05, 0) is 18.6 Å². The number of aromatic nitrogens is 1. The van der Waals surface area contributed by atoms with Crippen molar-refractivity contribution in [3.05, 3.63) is 40.4 Å². The number of rotatable bonds is 2. The summed E-state index contributed by atoms with van der Waals surface area (Å²) in [7, 11) is 0. The van der Waals surface area contributed by atoms with E-state index in [4.69, 9.17) is 11.6 Å². The average molecular weight is 242 g/mol. The average Bonchev–Trinajstić information content (AvgIpc) is 2.56. The zero-order chi connectivity index (χ0) is 9.97. The molecular weight excluding hydrogens is 234 g/mol. The maximum absolute atomic E-state index is 5.75. The number of nitrogens with zero attached hydrogens (tertiary/aromatic N) is 1. The Morgan fingerprint density at radius 2 is 2.14 bits per heavy atom. The molecular formula is C10H8ClNS2. The van der Waals surface area contributed by atoms with Crippen LogP contribution in [0.25, 0.3) is 0 Å². The van der Waals surface area contributed by atoms with Crippen LogP contribution in [0.5, 0.6) is 0 Å². The van der Waals surface area contributed by atoms with Crippen LogP contribution in [0, 0.1) is 6.92 Å². The fourth-order valence-electron chi connectivity index (χ4n) is 1.05. The molecule has 2 aromatic rings. The van der Waals surface area contributed by atoms with Crippen molar-refractivity contribution < 1.29 is 0 Å². The number of benzene rings is 1. The fraction of sp³-hybridized carbons (Fsp3) is 0.100. The van der Waals surface area contributed by atoms with Gasteiger partial charge in [-0.3, -0.25) is 0 Å². The monoisotopic (exact) mass is 241 g/mol. The molecule has 0 atom stereocenters. The summed E-state index contributed by atoms with van der Waals surface area (Å²) < 4.78 is 0.990. The van der Waals surface area contributed by atoms with E-state index in [2.05, 4.69) is 24.0 Å². The number of halogens is 1. The molecule has 0 aliphatic rings. The highest BCUT2D eigenvalue weighted by atomic mass is 35.5. The van der Waals surface area contributed by atoms with Crippen LogP contribution in [0.15, 0.2) is 38.9 Å². The molecule has 0 aliphatic heterocycles. The van der Waals surface area contributed by atoms with Crippen LogP contribution >= 0.6 is 34.7 Å². The quantitative estimate of drug-likeness (QED) is 0.780. The maximum Gasteiger partial charge on any atom is 0.156 e. The molecule has 0 aliphatic carbocycles. The molecule has 1 nitrogen and oxygen atoms in total. The third-order valence-corrected chi connectivity index (χ3v) is 4.19. The highest BCUT2D eigenvalue weighted by molar-refractivity contribution is 8.01. The van der Waals surface area contributed by atoms with Gasteiger partial charge in [-0.2, -0.15) is 0 Å². The molecule has 0 bridgehead atoms. The standard InChI is InChI=1S/C10H8ClNS2/c1-7-4-2-3-5-8(7)14-10-12-9(11)6-13-10/h2-6H,1H3. The lowest BCUT2D eigenvalue weighted by atomic mass is 10.2. The summed E-state index contributed by atoms with van der Waals surface area (Å²) >= 11 is 8.98. The SMILES string of the molecule is Cc1ccccc1Sc1nc(Cl)cs1. The van der Waals surface area contributed by atoms with Crippen molar-refractivity contribution in [1.82, 2.24) is 4.98 Å². The van der Waals surface area contributed by atoms with Gasteiger partial charge in [0.25, 0.3) is 0 Å². The number of aryl methyl sites for hydroxylation is 1. The third-order valence-electron chi connectivity index (χ3n) is 1.75. The Morgan fingerprint density at radius 3 is 2.79 bits per heavy atom. The Balaban J connectivity index is 2.23. The van der Waals surface area contributed by atoms with Crippen molar-refractivity contribution in [2.24, 2.45) is 0 Å². The van der Waals surface area contributed by atoms with Crippen molar-refractivity contribution in [2.45, 2.75) is 16.2 Å². The predicted molar refractivity (Wildman–Crippen MR) is 62.4 cm³/mol. The molecule has 1 heterocycles. The molecule has 1 aromatic heterocycles. The van der Waals surface area contributed by atoms with Crippen LogP contribution < -0.4 is 0 Å². The summed E-state index contributed by atoms with van der Waals surface area (Å²) in [4.78, 5) is 5.43. The Labute approximate surface area is 96.1 Å². The number of thiazole rings is 1. The smallest absolute Gasteiger partial charge is 0.156 e. The zero-order valence-corrected chi connectivity index (χ0v) is 9.92. The summed E-state index contributed by atoms with van der Waals surface area (Å²) in [6, 6.07) is 8.26. The maximum atomic E-state index is 5.75. The van der Waals surface area contributed by atoms with Crippen molar-refractivity contribution in [2.75, 3.05) is 0 Å². The first-order valence-electron chi connectivity index (χ1n) is 4.10. The molecule has 0 amide bonds. The van der Waals surface area contributed by atoms with Gasteiger partial charge >= 0.3 is 0 Å². The normalized spacial score (nSPS) is 10.4. The minimum atomic E-state index is 0.575. The molecule has 72 valence electrons. The van der Waals surface area contributed by atoms with Crippen LogP contribution in [0.2, 0.25) is 5.15 Å². The zero-order valence-electron chi connectivity index (χ0n) is 7.53. The molecule has 1 aromatic carbocycles. The van der Waals surface area contributed by atoms with Gasteiger partial charge in [0.1, 0.15) is 5.15 Å². The first kappa shape index (κ1) is 10.0. The molecule has 0 spiro atoms. The molecule has 0 saturated heterocycles. The molecule has 0 unspecified atom stereocenters. The summed E-state index contributed by atoms with van der Waals surface area (Å²) in [5.74, 6) is 0. The highest BCUT2D eigenvalue weighted by Crippen LogP contribution is 2.33. The second kappa shape index (κ2) is 4.34. The molecule has 0 saturated carbocycles. The predicted octanol–water partition coefficient (Wildman–Crippen LogP) is 4.26. The first-order valence-corrected chi connectivity index (χ1v) is 6.17. The van der Waals surface area contributed by atoms with E-state index in [0.717, 1.165) is 4.34 Å². The Kier molecular flexibility index (Phi) is 3.11. The van der Waals surface area contributed by atoms with E-state index in [9.17, 15) is 0 Å². The largest absolute Gasteiger partial charge is 0.218 e. The van der Waals surface area contributed by atoms with E-state index in [1.807, 2.05) is 17.5 Å². The van der Waals surface area contributed by atoms with Crippen molar-refractivity contribution in [3.63, 3.8) is 0 Å².